The Balaban J connectivity index is 1.50. The summed E-state index contributed by atoms with van der Waals surface area (Å²) in [5.74, 6) is 0.282. The highest BCUT2D eigenvalue weighted by atomic mass is 32.2. The molecule has 4 rings (SSSR count). The van der Waals surface area contributed by atoms with Crippen molar-refractivity contribution in [3.05, 3.63) is 88.7 Å². The zero-order chi connectivity index (χ0) is 18.6. The van der Waals surface area contributed by atoms with E-state index in [-0.39, 0.29) is 11.8 Å². The molecule has 1 aliphatic heterocycles. The van der Waals surface area contributed by atoms with Crippen LogP contribution in [0.4, 0.5) is 5.69 Å². The summed E-state index contributed by atoms with van der Waals surface area (Å²) < 4.78 is 5.20. The molecule has 0 fully saturated rings. The molecule has 6 heteroatoms. The van der Waals surface area contributed by atoms with Crippen LogP contribution in [-0.4, -0.2) is 11.8 Å². The molecule has 3 aromatic rings. The minimum Gasteiger partial charge on any atom is -0.467 e. The SMILES string of the molecule is O=C1Nc2cc(C(=O)NCc3ccco3)ccc2SC1=Cc1ccccc1. The average molecular weight is 376 g/mol. The van der Waals surface area contributed by atoms with Crippen molar-refractivity contribution in [3.8, 4) is 0 Å². The number of fused-ring (bicyclic) bond motifs is 1. The third-order valence-electron chi connectivity index (χ3n) is 4.03. The smallest absolute Gasteiger partial charge is 0.262 e. The summed E-state index contributed by atoms with van der Waals surface area (Å²) in [6.45, 7) is 0.313. The first-order valence-corrected chi connectivity index (χ1v) is 9.21. The first-order valence-electron chi connectivity index (χ1n) is 8.39. The normalized spacial score (nSPS) is 14.5. The molecule has 2 aromatic carbocycles. The Bertz CT molecular complexity index is 1010. The molecule has 0 saturated carbocycles. The van der Waals surface area contributed by atoms with Crippen LogP contribution in [0, 0.1) is 0 Å². The summed E-state index contributed by atoms with van der Waals surface area (Å²) in [4.78, 5) is 26.3. The van der Waals surface area contributed by atoms with Crippen molar-refractivity contribution in [1.82, 2.24) is 5.32 Å². The number of rotatable bonds is 4. The number of amides is 2. The molecule has 0 atom stereocenters. The predicted molar refractivity (Wildman–Crippen MR) is 105 cm³/mol. The van der Waals surface area contributed by atoms with E-state index in [1.54, 1.807) is 30.5 Å². The fourth-order valence-corrected chi connectivity index (χ4v) is 3.62. The van der Waals surface area contributed by atoms with Gasteiger partial charge >= 0.3 is 0 Å². The summed E-state index contributed by atoms with van der Waals surface area (Å²) in [6.07, 6.45) is 3.42. The lowest BCUT2D eigenvalue weighted by Gasteiger charge is -2.19. The molecule has 134 valence electrons. The van der Waals surface area contributed by atoms with Crippen molar-refractivity contribution in [3.63, 3.8) is 0 Å². The van der Waals surface area contributed by atoms with Crippen molar-refractivity contribution >= 4 is 35.3 Å². The fourth-order valence-electron chi connectivity index (χ4n) is 2.68. The van der Waals surface area contributed by atoms with Crippen LogP contribution < -0.4 is 10.6 Å². The molecular weight excluding hydrogens is 360 g/mol. The summed E-state index contributed by atoms with van der Waals surface area (Å²) in [6, 6.07) is 18.5. The predicted octanol–water partition coefficient (Wildman–Crippen LogP) is 4.29. The quantitative estimate of drug-likeness (QED) is 0.666. The molecule has 0 aliphatic carbocycles. The second kappa shape index (κ2) is 7.55. The van der Waals surface area contributed by atoms with Gasteiger partial charge in [-0.2, -0.15) is 0 Å². The van der Waals surface area contributed by atoms with E-state index in [2.05, 4.69) is 10.6 Å². The first kappa shape index (κ1) is 17.2. The molecule has 0 bridgehead atoms. The van der Waals surface area contributed by atoms with Crippen LogP contribution in [0.25, 0.3) is 6.08 Å². The van der Waals surface area contributed by atoms with Gasteiger partial charge in [-0.15, -0.1) is 0 Å². The van der Waals surface area contributed by atoms with Crippen LogP contribution in [-0.2, 0) is 11.3 Å². The van der Waals surface area contributed by atoms with Gasteiger partial charge in [0.1, 0.15) is 5.76 Å². The zero-order valence-corrected chi connectivity index (χ0v) is 15.1. The molecule has 0 saturated heterocycles. The number of anilines is 1. The van der Waals surface area contributed by atoms with Crippen molar-refractivity contribution < 1.29 is 14.0 Å². The number of thioether (sulfide) groups is 1. The highest BCUT2D eigenvalue weighted by Gasteiger charge is 2.22. The zero-order valence-electron chi connectivity index (χ0n) is 14.3. The summed E-state index contributed by atoms with van der Waals surface area (Å²) >= 11 is 1.39. The topological polar surface area (TPSA) is 71.3 Å². The minimum absolute atomic E-state index is 0.176. The maximum atomic E-state index is 12.4. The van der Waals surface area contributed by atoms with E-state index in [0.29, 0.717) is 28.5 Å². The van der Waals surface area contributed by atoms with Gasteiger partial charge in [0, 0.05) is 10.5 Å². The highest BCUT2D eigenvalue weighted by molar-refractivity contribution is 8.04. The van der Waals surface area contributed by atoms with Gasteiger partial charge in [0.2, 0.25) is 0 Å². The van der Waals surface area contributed by atoms with Gasteiger partial charge in [0.05, 0.1) is 23.4 Å². The Labute approximate surface area is 160 Å². The van der Waals surface area contributed by atoms with E-state index in [0.717, 1.165) is 10.5 Å². The summed E-state index contributed by atoms with van der Waals surface area (Å²) in [5.41, 5.74) is 2.09. The minimum atomic E-state index is -0.223. The second-order valence-corrected chi connectivity index (χ2v) is 7.03. The molecule has 2 heterocycles. The lowest BCUT2D eigenvalue weighted by Crippen LogP contribution is -2.23. The third kappa shape index (κ3) is 3.96. The van der Waals surface area contributed by atoms with E-state index in [9.17, 15) is 9.59 Å². The molecule has 2 N–H and O–H groups in total. The van der Waals surface area contributed by atoms with Gasteiger partial charge in [-0.25, -0.2) is 0 Å². The molecule has 0 unspecified atom stereocenters. The van der Waals surface area contributed by atoms with E-state index in [1.807, 2.05) is 42.5 Å². The van der Waals surface area contributed by atoms with Gasteiger partial charge in [-0.1, -0.05) is 42.1 Å². The molecule has 0 radical (unpaired) electrons. The number of carbonyl (C=O) groups is 2. The fraction of sp³-hybridized carbons (Fsp3) is 0.0476. The summed E-state index contributed by atoms with van der Waals surface area (Å²) in [5, 5.41) is 5.67. The van der Waals surface area contributed by atoms with E-state index in [1.165, 1.54) is 11.8 Å². The standard InChI is InChI=1S/C21H16N2O3S/c24-20(22-13-16-7-4-10-26-16)15-8-9-18-17(12-15)23-21(25)19(27-18)11-14-5-2-1-3-6-14/h1-12H,13H2,(H,22,24)(H,23,25). The monoisotopic (exact) mass is 376 g/mol. The first-order chi connectivity index (χ1) is 13.2. The van der Waals surface area contributed by atoms with Crippen molar-refractivity contribution in [2.45, 2.75) is 11.4 Å². The third-order valence-corrected chi connectivity index (χ3v) is 5.13. The number of carbonyl (C=O) groups excluding carboxylic acids is 2. The largest absolute Gasteiger partial charge is 0.467 e. The molecule has 0 spiro atoms. The number of furan rings is 1. The number of hydrogen-bond donors (Lipinski definition) is 2. The molecular formula is C21H16N2O3S. The Morgan fingerprint density at radius 1 is 1.11 bits per heavy atom. The van der Waals surface area contributed by atoms with Gasteiger partial charge in [0.15, 0.2) is 0 Å². The lowest BCUT2D eigenvalue weighted by atomic mass is 10.1. The average Bonchev–Trinajstić information content (AvgIpc) is 3.21. The maximum absolute atomic E-state index is 12.4. The molecule has 27 heavy (non-hydrogen) atoms. The van der Waals surface area contributed by atoms with Crippen LogP contribution in [0.15, 0.2) is 81.1 Å². The second-order valence-electron chi connectivity index (χ2n) is 5.95. The maximum Gasteiger partial charge on any atom is 0.262 e. The van der Waals surface area contributed by atoms with Crippen LogP contribution in [0.5, 0.6) is 0 Å². The van der Waals surface area contributed by atoms with Crippen LogP contribution in [0.3, 0.4) is 0 Å². The van der Waals surface area contributed by atoms with Gasteiger partial charge in [-0.05, 0) is 42.0 Å². The van der Waals surface area contributed by atoms with Crippen molar-refractivity contribution in [2.24, 2.45) is 0 Å². The Hall–Kier alpha value is -3.25. The van der Waals surface area contributed by atoms with Crippen LogP contribution in [0.2, 0.25) is 0 Å². The molecule has 1 aromatic heterocycles. The summed E-state index contributed by atoms with van der Waals surface area (Å²) in [7, 11) is 0. The highest BCUT2D eigenvalue weighted by Crippen LogP contribution is 2.39. The Kier molecular flexibility index (Phi) is 4.80. The molecule has 5 nitrogen and oxygen atoms in total. The van der Waals surface area contributed by atoms with E-state index in [4.69, 9.17) is 4.42 Å². The van der Waals surface area contributed by atoms with Gasteiger partial charge in [0.25, 0.3) is 11.8 Å². The van der Waals surface area contributed by atoms with Crippen molar-refractivity contribution in [2.75, 3.05) is 5.32 Å². The van der Waals surface area contributed by atoms with E-state index >= 15 is 0 Å². The Morgan fingerprint density at radius 3 is 2.74 bits per heavy atom. The van der Waals surface area contributed by atoms with E-state index < -0.39 is 0 Å². The number of benzene rings is 2. The van der Waals surface area contributed by atoms with Gasteiger partial charge in [-0.3, -0.25) is 9.59 Å². The van der Waals surface area contributed by atoms with Crippen molar-refractivity contribution in [1.29, 1.82) is 0 Å². The van der Waals surface area contributed by atoms with Crippen LogP contribution >= 0.6 is 11.8 Å². The number of hydrogen-bond acceptors (Lipinski definition) is 4. The molecule has 2 amide bonds. The lowest BCUT2D eigenvalue weighted by molar-refractivity contribution is -0.112. The number of nitrogens with one attached hydrogen (secondary N) is 2. The Morgan fingerprint density at radius 2 is 1.96 bits per heavy atom. The van der Waals surface area contributed by atoms with Crippen LogP contribution in [0.1, 0.15) is 21.7 Å². The molecule has 1 aliphatic rings. The van der Waals surface area contributed by atoms with Gasteiger partial charge < -0.3 is 15.1 Å².